The molecule has 0 unspecified atom stereocenters. The number of rotatable bonds is 4. The summed E-state index contributed by atoms with van der Waals surface area (Å²) in [5, 5.41) is 0.598. The second-order valence-corrected chi connectivity index (χ2v) is 6.00. The van der Waals surface area contributed by atoms with Crippen LogP contribution in [0.1, 0.15) is 17.7 Å². The standard InChI is InChI=1S/C11H16N4OS/c12-11-13-3-9(17-11)5-14-6-10(16)15(7-14)4-8-1-2-8/h3,8H,1-2,4-7H2,(H2,12,13). The van der Waals surface area contributed by atoms with Gasteiger partial charge in [0.05, 0.1) is 13.2 Å². The topological polar surface area (TPSA) is 62.5 Å². The number of amides is 1. The maximum atomic E-state index is 11.8. The molecular formula is C11H16N4OS. The molecule has 0 atom stereocenters. The Morgan fingerprint density at radius 3 is 3.00 bits per heavy atom. The Morgan fingerprint density at radius 2 is 2.35 bits per heavy atom. The molecule has 2 heterocycles. The third-order valence-corrected chi connectivity index (χ3v) is 4.02. The first kappa shape index (κ1) is 11.0. The maximum Gasteiger partial charge on any atom is 0.237 e. The van der Waals surface area contributed by atoms with Crippen LogP contribution in [0.4, 0.5) is 5.13 Å². The van der Waals surface area contributed by atoms with Gasteiger partial charge in [0.1, 0.15) is 0 Å². The van der Waals surface area contributed by atoms with Crippen molar-refractivity contribution < 1.29 is 4.79 Å². The van der Waals surface area contributed by atoms with Crippen LogP contribution in [-0.4, -0.2) is 40.4 Å². The lowest BCUT2D eigenvalue weighted by Gasteiger charge is -2.16. The molecule has 6 heteroatoms. The third-order valence-electron chi connectivity index (χ3n) is 3.21. The molecular weight excluding hydrogens is 236 g/mol. The lowest BCUT2D eigenvalue weighted by atomic mass is 10.4. The van der Waals surface area contributed by atoms with E-state index in [-0.39, 0.29) is 5.91 Å². The Hall–Kier alpha value is -1.14. The van der Waals surface area contributed by atoms with Crippen molar-refractivity contribution in [2.45, 2.75) is 19.4 Å². The Bertz CT molecular complexity index is 429. The van der Waals surface area contributed by atoms with Crippen molar-refractivity contribution in [2.24, 2.45) is 5.92 Å². The zero-order chi connectivity index (χ0) is 11.8. The smallest absolute Gasteiger partial charge is 0.237 e. The van der Waals surface area contributed by atoms with Crippen LogP contribution in [0.3, 0.4) is 0 Å². The number of nitrogens with zero attached hydrogens (tertiary/aromatic N) is 3. The molecule has 92 valence electrons. The summed E-state index contributed by atoms with van der Waals surface area (Å²) in [6.45, 7) is 3.01. The van der Waals surface area contributed by atoms with Gasteiger partial charge in [-0.2, -0.15) is 0 Å². The van der Waals surface area contributed by atoms with Gasteiger partial charge in [0.15, 0.2) is 5.13 Å². The second kappa shape index (κ2) is 4.27. The fourth-order valence-corrected chi connectivity index (χ4v) is 2.88. The van der Waals surface area contributed by atoms with E-state index >= 15 is 0 Å². The van der Waals surface area contributed by atoms with Gasteiger partial charge in [0.2, 0.25) is 5.91 Å². The van der Waals surface area contributed by atoms with Gasteiger partial charge < -0.3 is 10.6 Å². The van der Waals surface area contributed by atoms with Gasteiger partial charge in [-0.3, -0.25) is 9.69 Å². The van der Waals surface area contributed by atoms with Crippen molar-refractivity contribution in [1.29, 1.82) is 0 Å². The summed E-state index contributed by atoms with van der Waals surface area (Å²) in [4.78, 5) is 21.1. The third kappa shape index (κ3) is 2.58. The van der Waals surface area contributed by atoms with Gasteiger partial charge in [0.25, 0.3) is 0 Å². The zero-order valence-corrected chi connectivity index (χ0v) is 10.4. The summed E-state index contributed by atoms with van der Waals surface area (Å²) in [6, 6.07) is 0. The summed E-state index contributed by atoms with van der Waals surface area (Å²) in [5.74, 6) is 1.02. The van der Waals surface area contributed by atoms with Crippen LogP contribution in [0.2, 0.25) is 0 Å². The highest BCUT2D eigenvalue weighted by Gasteiger charge is 2.32. The van der Waals surface area contributed by atoms with E-state index in [1.807, 2.05) is 4.90 Å². The molecule has 0 radical (unpaired) electrons. The van der Waals surface area contributed by atoms with Crippen LogP contribution in [0.15, 0.2) is 6.20 Å². The molecule has 1 aromatic rings. The van der Waals surface area contributed by atoms with E-state index in [2.05, 4.69) is 9.88 Å². The number of aromatic nitrogens is 1. The Morgan fingerprint density at radius 1 is 1.53 bits per heavy atom. The average molecular weight is 252 g/mol. The monoisotopic (exact) mass is 252 g/mol. The van der Waals surface area contributed by atoms with Crippen molar-refractivity contribution in [2.75, 3.05) is 25.5 Å². The number of thiazole rings is 1. The van der Waals surface area contributed by atoms with E-state index in [0.717, 1.165) is 30.6 Å². The summed E-state index contributed by atoms with van der Waals surface area (Å²) < 4.78 is 0. The van der Waals surface area contributed by atoms with Gasteiger partial charge in [-0.25, -0.2) is 4.98 Å². The minimum Gasteiger partial charge on any atom is -0.375 e. The normalized spacial score (nSPS) is 21.4. The fourth-order valence-electron chi connectivity index (χ4n) is 2.16. The Labute approximate surface area is 104 Å². The van der Waals surface area contributed by atoms with Gasteiger partial charge in [-0.15, -0.1) is 11.3 Å². The van der Waals surface area contributed by atoms with Crippen LogP contribution < -0.4 is 5.73 Å². The van der Waals surface area contributed by atoms with E-state index < -0.39 is 0 Å². The van der Waals surface area contributed by atoms with E-state index in [9.17, 15) is 4.79 Å². The number of nitrogen functional groups attached to an aromatic ring is 1. The molecule has 2 aliphatic rings. The first-order valence-corrected chi connectivity index (χ1v) is 6.72. The van der Waals surface area contributed by atoms with Gasteiger partial charge in [0, 0.05) is 24.2 Å². The molecule has 0 aromatic carbocycles. The number of carbonyl (C=O) groups excluding carboxylic acids is 1. The molecule has 0 bridgehead atoms. The van der Waals surface area contributed by atoms with Crippen LogP contribution in [0, 0.1) is 5.92 Å². The minimum absolute atomic E-state index is 0.259. The summed E-state index contributed by atoms with van der Waals surface area (Å²) >= 11 is 1.50. The summed E-state index contributed by atoms with van der Waals surface area (Å²) in [7, 11) is 0. The van der Waals surface area contributed by atoms with Crippen LogP contribution in [0.25, 0.3) is 0 Å². The lowest BCUT2D eigenvalue weighted by Crippen LogP contribution is -2.29. The van der Waals surface area contributed by atoms with Gasteiger partial charge in [-0.1, -0.05) is 0 Å². The van der Waals surface area contributed by atoms with E-state index in [1.165, 1.54) is 24.2 Å². The van der Waals surface area contributed by atoms with Crippen molar-refractivity contribution in [3.8, 4) is 0 Å². The highest BCUT2D eigenvalue weighted by Crippen LogP contribution is 2.30. The molecule has 2 fully saturated rings. The Kier molecular flexibility index (Phi) is 2.76. The lowest BCUT2D eigenvalue weighted by molar-refractivity contribution is -0.126. The molecule has 0 spiro atoms. The van der Waals surface area contributed by atoms with Gasteiger partial charge in [-0.05, 0) is 18.8 Å². The van der Waals surface area contributed by atoms with Crippen molar-refractivity contribution >= 4 is 22.4 Å². The minimum atomic E-state index is 0.259. The molecule has 1 amide bonds. The SMILES string of the molecule is Nc1ncc(CN2CC(=O)N(CC3CC3)C2)s1. The average Bonchev–Trinajstić information content (AvgIpc) is 2.90. The fraction of sp³-hybridized carbons (Fsp3) is 0.636. The molecule has 2 N–H and O–H groups in total. The molecule has 17 heavy (non-hydrogen) atoms. The number of hydrogen-bond acceptors (Lipinski definition) is 5. The van der Waals surface area contributed by atoms with Crippen LogP contribution in [0.5, 0.6) is 0 Å². The van der Waals surface area contributed by atoms with E-state index in [1.54, 1.807) is 6.20 Å². The number of carbonyl (C=O) groups is 1. The first-order chi connectivity index (χ1) is 8.20. The quantitative estimate of drug-likeness (QED) is 0.858. The van der Waals surface area contributed by atoms with E-state index in [4.69, 9.17) is 5.73 Å². The molecule has 1 saturated heterocycles. The van der Waals surface area contributed by atoms with Crippen molar-refractivity contribution in [3.63, 3.8) is 0 Å². The molecule has 1 saturated carbocycles. The second-order valence-electron chi connectivity index (χ2n) is 4.85. The van der Waals surface area contributed by atoms with Crippen molar-refractivity contribution in [3.05, 3.63) is 11.1 Å². The van der Waals surface area contributed by atoms with Crippen molar-refractivity contribution in [1.82, 2.24) is 14.8 Å². The largest absolute Gasteiger partial charge is 0.375 e. The number of hydrogen-bond donors (Lipinski definition) is 1. The molecule has 5 nitrogen and oxygen atoms in total. The predicted molar refractivity (Wildman–Crippen MR) is 66.2 cm³/mol. The maximum absolute atomic E-state index is 11.8. The van der Waals surface area contributed by atoms with Gasteiger partial charge >= 0.3 is 0 Å². The van der Waals surface area contributed by atoms with Crippen LogP contribution in [-0.2, 0) is 11.3 Å². The number of nitrogens with two attached hydrogens (primary N) is 1. The molecule has 1 aliphatic heterocycles. The zero-order valence-electron chi connectivity index (χ0n) is 9.63. The number of anilines is 1. The molecule has 1 aromatic heterocycles. The summed E-state index contributed by atoms with van der Waals surface area (Å²) in [6.07, 6.45) is 4.37. The highest BCUT2D eigenvalue weighted by molar-refractivity contribution is 7.15. The highest BCUT2D eigenvalue weighted by atomic mass is 32.1. The first-order valence-electron chi connectivity index (χ1n) is 5.91. The molecule has 3 rings (SSSR count). The van der Waals surface area contributed by atoms with Crippen LogP contribution >= 0.6 is 11.3 Å². The Balaban J connectivity index is 1.56. The summed E-state index contributed by atoms with van der Waals surface area (Å²) in [5.41, 5.74) is 5.59. The predicted octanol–water partition coefficient (Wildman–Crippen LogP) is 0.737. The molecule has 1 aliphatic carbocycles. The van der Waals surface area contributed by atoms with E-state index in [0.29, 0.717) is 11.7 Å².